The highest BCUT2D eigenvalue weighted by molar-refractivity contribution is 5.95. The Kier molecular flexibility index (Phi) is 3.58. The molecule has 17 heavy (non-hydrogen) atoms. The van der Waals surface area contributed by atoms with Crippen molar-refractivity contribution in [3.63, 3.8) is 0 Å². The van der Waals surface area contributed by atoms with Crippen LogP contribution in [-0.2, 0) is 0 Å². The molecule has 1 aromatic heterocycles. The summed E-state index contributed by atoms with van der Waals surface area (Å²) in [5.41, 5.74) is 5.50. The summed E-state index contributed by atoms with van der Waals surface area (Å²) in [7, 11) is 0. The zero-order chi connectivity index (χ0) is 12.3. The van der Waals surface area contributed by atoms with E-state index in [9.17, 15) is 4.79 Å². The number of nitrogens with one attached hydrogen (secondary N) is 1. The molecule has 0 saturated carbocycles. The summed E-state index contributed by atoms with van der Waals surface area (Å²) >= 11 is 0. The first kappa shape index (κ1) is 11.8. The summed E-state index contributed by atoms with van der Waals surface area (Å²) in [6, 6.07) is 0.407. The molecule has 1 amide bonds. The Balaban J connectivity index is 1.86. The topological polar surface area (TPSA) is 97.3 Å². The molecule has 94 valence electrons. The molecule has 1 aliphatic heterocycles. The Hall–Kier alpha value is -1.63. The molecule has 1 aliphatic rings. The summed E-state index contributed by atoms with van der Waals surface area (Å²) < 4.78 is 4.38. The molecular weight excluding hydrogens is 222 g/mol. The number of nitrogens with two attached hydrogens (primary N) is 1. The van der Waals surface area contributed by atoms with Crippen LogP contribution in [0.1, 0.15) is 30.3 Å². The van der Waals surface area contributed by atoms with Crippen LogP contribution < -0.4 is 11.1 Å². The average molecular weight is 239 g/mol. The molecule has 1 aromatic rings. The molecule has 0 aromatic carbocycles. The van der Waals surface area contributed by atoms with Crippen LogP contribution in [0.5, 0.6) is 0 Å². The number of likely N-dealkylation sites (N-methyl/N-ethyl adjacent to an activating group) is 1. The van der Waals surface area contributed by atoms with E-state index in [-0.39, 0.29) is 17.4 Å². The van der Waals surface area contributed by atoms with Crippen LogP contribution in [-0.4, -0.2) is 46.8 Å². The monoisotopic (exact) mass is 239 g/mol. The van der Waals surface area contributed by atoms with Gasteiger partial charge in [0.15, 0.2) is 0 Å². The summed E-state index contributed by atoms with van der Waals surface area (Å²) in [6.07, 6.45) is 2.29. The van der Waals surface area contributed by atoms with Gasteiger partial charge in [-0.1, -0.05) is 6.92 Å². The Bertz CT molecular complexity index is 392. The second-order valence-electron chi connectivity index (χ2n) is 4.13. The molecule has 2 heterocycles. The molecule has 0 spiro atoms. The second kappa shape index (κ2) is 5.13. The number of hydrogen-bond donors (Lipinski definition) is 2. The molecule has 1 atom stereocenters. The molecule has 1 unspecified atom stereocenters. The van der Waals surface area contributed by atoms with Crippen LogP contribution in [0.3, 0.4) is 0 Å². The fourth-order valence-electron chi connectivity index (χ4n) is 2.19. The highest BCUT2D eigenvalue weighted by Crippen LogP contribution is 2.15. The summed E-state index contributed by atoms with van der Waals surface area (Å²) in [5.74, 6) is -0.298. The lowest BCUT2D eigenvalue weighted by Crippen LogP contribution is -2.40. The Morgan fingerprint density at radius 3 is 3.12 bits per heavy atom. The van der Waals surface area contributed by atoms with Gasteiger partial charge < -0.3 is 11.1 Å². The third-order valence-corrected chi connectivity index (χ3v) is 3.13. The molecule has 0 aliphatic carbocycles. The van der Waals surface area contributed by atoms with Gasteiger partial charge in [-0.15, -0.1) is 0 Å². The van der Waals surface area contributed by atoms with Gasteiger partial charge in [-0.2, -0.15) is 0 Å². The number of anilines is 1. The van der Waals surface area contributed by atoms with Crippen molar-refractivity contribution in [3.05, 3.63) is 5.69 Å². The van der Waals surface area contributed by atoms with E-state index in [1.54, 1.807) is 0 Å². The van der Waals surface area contributed by atoms with Gasteiger partial charge in [-0.25, -0.2) is 4.63 Å². The summed E-state index contributed by atoms with van der Waals surface area (Å²) in [5, 5.41) is 9.64. The lowest BCUT2D eigenvalue weighted by Gasteiger charge is -2.22. The number of nitrogens with zero attached hydrogens (tertiary/aromatic N) is 3. The van der Waals surface area contributed by atoms with E-state index >= 15 is 0 Å². The maximum absolute atomic E-state index is 11.7. The third kappa shape index (κ3) is 2.55. The summed E-state index contributed by atoms with van der Waals surface area (Å²) in [4.78, 5) is 14.1. The Morgan fingerprint density at radius 2 is 2.47 bits per heavy atom. The molecule has 7 nitrogen and oxygen atoms in total. The van der Waals surface area contributed by atoms with Crippen molar-refractivity contribution < 1.29 is 9.42 Å². The normalized spacial score (nSPS) is 20.6. The molecular formula is C10H17N5O2. The van der Waals surface area contributed by atoms with Crippen molar-refractivity contribution in [2.24, 2.45) is 0 Å². The van der Waals surface area contributed by atoms with Gasteiger partial charge in [-0.05, 0) is 36.2 Å². The zero-order valence-corrected chi connectivity index (χ0v) is 9.85. The van der Waals surface area contributed by atoms with Gasteiger partial charge in [0.1, 0.15) is 0 Å². The number of hydrogen-bond acceptors (Lipinski definition) is 6. The van der Waals surface area contributed by atoms with Gasteiger partial charge in [0.25, 0.3) is 5.91 Å². The Morgan fingerprint density at radius 1 is 1.65 bits per heavy atom. The third-order valence-electron chi connectivity index (χ3n) is 3.13. The van der Waals surface area contributed by atoms with E-state index in [2.05, 4.69) is 32.1 Å². The van der Waals surface area contributed by atoms with Crippen LogP contribution in [0.4, 0.5) is 5.82 Å². The SMILES string of the molecule is CCN1CCCC1CNC(=O)c1nonc1N. The maximum atomic E-state index is 11.7. The van der Waals surface area contributed by atoms with E-state index in [0.29, 0.717) is 12.6 Å². The fourth-order valence-corrected chi connectivity index (χ4v) is 2.19. The Labute approximate surface area is 99.3 Å². The number of rotatable bonds is 4. The average Bonchev–Trinajstić information content (AvgIpc) is 2.94. The summed E-state index contributed by atoms with van der Waals surface area (Å²) in [6.45, 7) is 4.84. The van der Waals surface area contributed by atoms with Crippen molar-refractivity contribution in [2.45, 2.75) is 25.8 Å². The quantitative estimate of drug-likeness (QED) is 0.759. The molecule has 0 bridgehead atoms. The predicted molar refractivity (Wildman–Crippen MR) is 61.3 cm³/mol. The van der Waals surface area contributed by atoms with Gasteiger partial charge in [-0.3, -0.25) is 9.69 Å². The minimum absolute atomic E-state index is 0.0290. The molecule has 0 radical (unpaired) electrons. The predicted octanol–water partition coefficient (Wildman–Crippen LogP) is -0.134. The van der Waals surface area contributed by atoms with E-state index in [1.165, 1.54) is 6.42 Å². The first-order chi connectivity index (χ1) is 8.22. The van der Waals surface area contributed by atoms with Crippen LogP contribution in [0.15, 0.2) is 4.63 Å². The lowest BCUT2D eigenvalue weighted by molar-refractivity contribution is 0.0932. The molecule has 2 rings (SSSR count). The van der Waals surface area contributed by atoms with Crippen LogP contribution >= 0.6 is 0 Å². The van der Waals surface area contributed by atoms with Crippen molar-refractivity contribution in [2.75, 3.05) is 25.4 Å². The van der Waals surface area contributed by atoms with Gasteiger partial charge in [0, 0.05) is 12.6 Å². The van der Waals surface area contributed by atoms with Crippen molar-refractivity contribution in [1.82, 2.24) is 20.5 Å². The largest absolute Gasteiger partial charge is 0.379 e. The van der Waals surface area contributed by atoms with Crippen molar-refractivity contribution >= 4 is 11.7 Å². The number of carbonyl (C=O) groups is 1. The highest BCUT2D eigenvalue weighted by atomic mass is 16.6. The molecule has 1 fully saturated rings. The van der Waals surface area contributed by atoms with E-state index < -0.39 is 0 Å². The number of amides is 1. The standard InChI is InChI=1S/C10H17N5O2/c1-2-15-5-3-4-7(15)6-12-10(16)8-9(11)14-17-13-8/h7H,2-6H2,1H3,(H2,11,14)(H,12,16). The smallest absolute Gasteiger partial charge is 0.277 e. The number of likely N-dealkylation sites (tertiary alicyclic amines) is 1. The zero-order valence-electron chi connectivity index (χ0n) is 9.85. The molecule has 7 heteroatoms. The number of nitrogen functional groups attached to an aromatic ring is 1. The van der Waals surface area contributed by atoms with Gasteiger partial charge >= 0.3 is 0 Å². The van der Waals surface area contributed by atoms with Gasteiger partial charge in [0.05, 0.1) is 0 Å². The lowest BCUT2D eigenvalue weighted by atomic mass is 10.2. The number of aromatic nitrogens is 2. The van der Waals surface area contributed by atoms with E-state index in [1.807, 2.05) is 0 Å². The van der Waals surface area contributed by atoms with Crippen LogP contribution in [0.2, 0.25) is 0 Å². The maximum Gasteiger partial charge on any atom is 0.277 e. The minimum atomic E-state index is -0.327. The first-order valence-corrected chi connectivity index (χ1v) is 5.82. The second-order valence-corrected chi connectivity index (χ2v) is 4.13. The minimum Gasteiger partial charge on any atom is -0.379 e. The van der Waals surface area contributed by atoms with Gasteiger partial charge in [0.2, 0.25) is 11.5 Å². The molecule has 3 N–H and O–H groups in total. The first-order valence-electron chi connectivity index (χ1n) is 5.82. The van der Waals surface area contributed by atoms with E-state index in [0.717, 1.165) is 19.5 Å². The molecule has 1 saturated heterocycles. The van der Waals surface area contributed by atoms with Crippen molar-refractivity contribution in [1.29, 1.82) is 0 Å². The van der Waals surface area contributed by atoms with Crippen LogP contribution in [0.25, 0.3) is 0 Å². The number of carbonyl (C=O) groups excluding carboxylic acids is 1. The highest BCUT2D eigenvalue weighted by Gasteiger charge is 2.24. The van der Waals surface area contributed by atoms with E-state index in [4.69, 9.17) is 5.73 Å². The van der Waals surface area contributed by atoms with Crippen LogP contribution in [0, 0.1) is 0 Å². The fraction of sp³-hybridized carbons (Fsp3) is 0.700. The van der Waals surface area contributed by atoms with Crippen molar-refractivity contribution in [3.8, 4) is 0 Å².